The molecule has 1 N–H and O–H groups in total. The van der Waals surface area contributed by atoms with Gasteiger partial charge in [0.1, 0.15) is 0 Å². The van der Waals surface area contributed by atoms with E-state index in [1.165, 1.54) is 0 Å². The van der Waals surface area contributed by atoms with E-state index in [1.54, 1.807) is 25.2 Å². The Labute approximate surface area is 65.3 Å². The van der Waals surface area contributed by atoms with E-state index in [9.17, 15) is 5.11 Å². The Morgan fingerprint density at radius 2 is 2.20 bits per heavy atom. The van der Waals surface area contributed by atoms with E-state index in [1.807, 2.05) is 11.4 Å². The highest BCUT2D eigenvalue weighted by atomic mass is 32.1. The third kappa shape index (κ3) is 1.58. The molecule has 10 heavy (non-hydrogen) atoms. The molecular formula is C8H11OS. The van der Waals surface area contributed by atoms with E-state index in [0.29, 0.717) is 0 Å². The van der Waals surface area contributed by atoms with E-state index >= 15 is 0 Å². The first-order valence-corrected chi connectivity index (χ1v) is 4.01. The topological polar surface area (TPSA) is 20.2 Å². The molecule has 0 amide bonds. The van der Waals surface area contributed by atoms with Gasteiger partial charge in [0.2, 0.25) is 0 Å². The monoisotopic (exact) mass is 155 g/mol. The van der Waals surface area contributed by atoms with Crippen molar-refractivity contribution in [3.63, 3.8) is 0 Å². The second-order valence-electron chi connectivity index (χ2n) is 2.88. The van der Waals surface area contributed by atoms with E-state index in [4.69, 9.17) is 0 Å². The third-order valence-electron chi connectivity index (χ3n) is 1.26. The maximum atomic E-state index is 9.48. The van der Waals surface area contributed by atoms with Crippen LogP contribution < -0.4 is 0 Å². The minimum atomic E-state index is -0.708. The number of hydrogen-bond acceptors (Lipinski definition) is 2. The van der Waals surface area contributed by atoms with Crippen LogP contribution in [0.2, 0.25) is 0 Å². The molecule has 1 aromatic heterocycles. The average molecular weight is 155 g/mol. The van der Waals surface area contributed by atoms with Gasteiger partial charge >= 0.3 is 0 Å². The number of rotatable bonds is 1. The Kier molecular flexibility index (Phi) is 1.84. The van der Waals surface area contributed by atoms with Crippen LogP contribution in [0.25, 0.3) is 0 Å². The van der Waals surface area contributed by atoms with Crippen molar-refractivity contribution in [1.29, 1.82) is 0 Å². The van der Waals surface area contributed by atoms with Crippen LogP contribution in [-0.4, -0.2) is 5.11 Å². The number of hydrogen-bond donors (Lipinski definition) is 1. The Hall–Kier alpha value is -0.340. The van der Waals surface area contributed by atoms with Gasteiger partial charge in [-0.15, -0.1) is 11.3 Å². The van der Waals surface area contributed by atoms with Crippen molar-refractivity contribution in [2.24, 2.45) is 0 Å². The van der Waals surface area contributed by atoms with Crippen LogP contribution in [0, 0.1) is 6.92 Å². The van der Waals surface area contributed by atoms with Gasteiger partial charge in [0, 0.05) is 4.88 Å². The lowest BCUT2D eigenvalue weighted by Gasteiger charge is -2.13. The molecule has 1 heterocycles. The van der Waals surface area contributed by atoms with E-state index in [2.05, 4.69) is 6.92 Å². The summed E-state index contributed by atoms with van der Waals surface area (Å²) in [4.78, 5) is 0.970. The molecule has 2 heteroatoms. The maximum Gasteiger partial charge on any atom is 0.0932 e. The SMILES string of the molecule is [CH2]c1csc(C(C)(C)O)c1. The van der Waals surface area contributed by atoms with Crippen molar-refractivity contribution in [2.45, 2.75) is 19.4 Å². The lowest BCUT2D eigenvalue weighted by Crippen LogP contribution is -2.12. The highest BCUT2D eigenvalue weighted by Crippen LogP contribution is 2.25. The predicted octanol–water partition coefficient (Wildman–Crippen LogP) is 2.16. The van der Waals surface area contributed by atoms with Gasteiger partial charge in [0.05, 0.1) is 5.60 Å². The molecule has 0 fully saturated rings. The van der Waals surface area contributed by atoms with Crippen molar-refractivity contribution >= 4 is 11.3 Å². The highest BCUT2D eigenvalue weighted by Gasteiger charge is 2.16. The zero-order valence-corrected chi connectivity index (χ0v) is 7.03. The van der Waals surface area contributed by atoms with E-state index in [0.717, 1.165) is 10.4 Å². The molecule has 0 saturated heterocycles. The zero-order valence-electron chi connectivity index (χ0n) is 6.22. The van der Waals surface area contributed by atoms with Gasteiger partial charge in [-0.3, -0.25) is 0 Å². The summed E-state index contributed by atoms with van der Waals surface area (Å²) in [7, 11) is 0. The standard InChI is InChI=1S/C8H11OS/c1-6-4-7(10-5-6)8(2,3)9/h4-5,9H,1H2,2-3H3. The zero-order chi connectivity index (χ0) is 7.78. The molecule has 1 radical (unpaired) electrons. The van der Waals surface area contributed by atoms with Crippen molar-refractivity contribution in [2.75, 3.05) is 0 Å². The lowest BCUT2D eigenvalue weighted by atomic mass is 10.1. The highest BCUT2D eigenvalue weighted by molar-refractivity contribution is 7.10. The van der Waals surface area contributed by atoms with Crippen LogP contribution in [0.3, 0.4) is 0 Å². The normalized spacial score (nSPS) is 12.0. The van der Waals surface area contributed by atoms with Crippen LogP contribution in [0.5, 0.6) is 0 Å². The molecule has 55 valence electrons. The molecule has 0 aliphatic heterocycles. The third-order valence-corrected chi connectivity index (χ3v) is 2.55. The number of thiophene rings is 1. The molecule has 0 aromatic carbocycles. The maximum absolute atomic E-state index is 9.48. The quantitative estimate of drug-likeness (QED) is 0.659. The first-order valence-electron chi connectivity index (χ1n) is 3.13. The van der Waals surface area contributed by atoms with Gasteiger partial charge in [-0.1, -0.05) is 0 Å². The molecule has 0 aliphatic carbocycles. The van der Waals surface area contributed by atoms with Crippen LogP contribution in [-0.2, 0) is 5.60 Å². The molecular weight excluding hydrogens is 144 g/mol. The summed E-state index contributed by atoms with van der Waals surface area (Å²) in [5.41, 5.74) is 0.266. The van der Waals surface area contributed by atoms with Crippen LogP contribution in [0.1, 0.15) is 24.3 Å². The first kappa shape index (κ1) is 7.76. The van der Waals surface area contributed by atoms with Gasteiger partial charge in [-0.05, 0) is 37.8 Å². The van der Waals surface area contributed by atoms with E-state index < -0.39 is 5.60 Å². The fourth-order valence-electron chi connectivity index (χ4n) is 0.696. The lowest BCUT2D eigenvalue weighted by molar-refractivity contribution is 0.0825. The van der Waals surface area contributed by atoms with E-state index in [-0.39, 0.29) is 0 Å². The molecule has 0 aliphatic rings. The molecule has 0 unspecified atom stereocenters. The van der Waals surface area contributed by atoms with Crippen molar-refractivity contribution in [3.8, 4) is 0 Å². The molecule has 1 aromatic rings. The number of aliphatic hydroxyl groups is 1. The smallest absolute Gasteiger partial charge is 0.0932 e. The molecule has 0 atom stereocenters. The minimum absolute atomic E-state index is 0.708. The van der Waals surface area contributed by atoms with Crippen LogP contribution in [0.15, 0.2) is 11.4 Å². The summed E-state index contributed by atoms with van der Waals surface area (Å²) >= 11 is 1.54. The largest absolute Gasteiger partial charge is 0.385 e. The average Bonchev–Trinajstić information content (AvgIpc) is 2.11. The van der Waals surface area contributed by atoms with Crippen molar-refractivity contribution in [3.05, 3.63) is 28.8 Å². The summed E-state index contributed by atoms with van der Waals surface area (Å²) < 4.78 is 0. The van der Waals surface area contributed by atoms with Gasteiger partial charge in [-0.2, -0.15) is 0 Å². The summed E-state index contributed by atoms with van der Waals surface area (Å²) in [6, 6.07) is 1.91. The fourth-order valence-corrected chi connectivity index (χ4v) is 1.55. The van der Waals surface area contributed by atoms with Gasteiger partial charge in [0.25, 0.3) is 0 Å². The van der Waals surface area contributed by atoms with Crippen molar-refractivity contribution < 1.29 is 5.11 Å². The second-order valence-corrected chi connectivity index (χ2v) is 3.79. The van der Waals surface area contributed by atoms with Crippen molar-refractivity contribution in [1.82, 2.24) is 0 Å². The Morgan fingerprint density at radius 1 is 1.60 bits per heavy atom. The predicted molar refractivity (Wildman–Crippen MR) is 44.0 cm³/mol. The summed E-state index contributed by atoms with van der Waals surface area (Å²) in [6.45, 7) is 7.31. The Morgan fingerprint density at radius 3 is 2.40 bits per heavy atom. The summed E-state index contributed by atoms with van der Waals surface area (Å²) in [5, 5.41) is 11.4. The van der Waals surface area contributed by atoms with Gasteiger partial charge in [-0.25, -0.2) is 0 Å². The first-order chi connectivity index (χ1) is 4.50. The fraction of sp³-hybridized carbons (Fsp3) is 0.375. The van der Waals surface area contributed by atoms with Gasteiger partial charge < -0.3 is 5.11 Å². The second kappa shape index (κ2) is 2.36. The Balaban J connectivity index is 2.96. The van der Waals surface area contributed by atoms with Crippen LogP contribution >= 0.6 is 11.3 Å². The minimum Gasteiger partial charge on any atom is -0.385 e. The molecule has 1 nitrogen and oxygen atoms in total. The summed E-state index contributed by atoms with van der Waals surface area (Å²) in [6.07, 6.45) is 0. The molecule has 0 bridgehead atoms. The van der Waals surface area contributed by atoms with Gasteiger partial charge in [0.15, 0.2) is 0 Å². The molecule has 1 rings (SSSR count). The Bertz CT molecular complexity index is 219. The molecule has 0 spiro atoms. The molecule has 0 saturated carbocycles. The van der Waals surface area contributed by atoms with Crippen LogP contribution in [0.4, 0.5) is 0 Å². The summed E-state index contributed by atoms with van der Waals surface area (Å²) in [5.74, 6) is 0.